The lowest BCUT2D eigenvalue weighted by atomic mass is 10.0. The molecule has 180 valence electrons. The number of aryl methyl sites for hydroxylation is 1. The van der Waals surface area contributed by atoms with Gasteiger partial charge in [-0.25, -0.2) is 35.8 Å². The zero-order valence-electron chi connectivity index (χ0n) is 18.2. The molecule has 0 amide bonds. The van der Waals surface area contributed by atoms with E-state index >= 15 is 13.2 Å². The molecule has 1 aromatic heterocycles. The Morgan fingerprint density at radius 1 is 1.09 bits per heavy atom. The number of halogens is 4. The van der Waals surface area contributed by atoms with Crippen LogP contribution in [0.1, 0.15) is 28.8 Å². The van der Waals surface area contributed by atoms with E-state index in [1.54, 1.807) is 0 Å². The summed E-state index contributed by atoms with van der Waals surface area (Å²) in [6.45, 7) is 1.16. The summed E-state index contributed by atoms with van der Waals surface area (Å²) in [6.07, 6.45) is -1.16. The number of esters is 1. The number of hydrogen-bond acceptors (Lipinski definition) is 5. The molecular weight excluding hydrogens is 476 g/mol. The quantitative estimate of drug-likeness (QED) is 0.392. The van der Waals surface area contributed by atoms with E-state index in [0.29, 0.717) is 17.5 Å². The molecule has 1 fully saturated rings. The van der Waals surface area contributed by atoms with Gasteiger partial charge in [0.2, 0.25) is 10.0 Å². The molecule has 0 N–H and O–H groups in total. The zero-order chi connectivity index (χ0) is 24.8. The van der Waals surface area contributed by atoms with Crippen LogP contribution in [-0.4, -0.2) is 50.0 Å². The molecular formula is C23H20F4N2O4S. The molecule has 0 atom stereocenters. The second-order valence-corrected chi connectivity index (χ2v) is 9.90. The minimum atomic E-state index is -4.28. The van der Waals surface area contributed by atoms with Gasteiger partial charge in [0.1, 0.15) is 23.5 Å². The molecule has 4 rings (SSSR count). The van der Waals surface area contributed by atoms with E-state index in [-0.39, 0.29) is 42.6 Å². The van der Waals surface area contributed by atoms with E-state index in [9.17, 15) is 17.6 Å². The van der Waals surface area contributed by atoms with E-state index in [1.807, 2.05) is 0 Å². The Labute approximate surface area is 193 Å². The number of fused-ring (bicyclic) bond motifs is 1. The van der Waals surface area contributed by atoms with Crippen LogP contribution >= 0.6 is 0 Å². The van der Waals surface area contributed by atoms with Crippen LogP contribution in [0.4, 0.5) is 17.6 Å². The third kappa shape index (κ3) is 4.14. The van der Waals surface area contributed by atoms with Crippen molar-refractivity contribution >= 4 is 26.9 Å². The standard InChI is InChI=1S/C23H20F4N2O4S/c1-12-16-4-3-13(23(30)33-2)9-19(16)28-22(21(12)27)20-17(25)10-15(11-18(20)26)34(31,32)29-7-5-14(24)6-8-29/h3-4,9-11,14H,5-8H2,1-2H3. The maximum atomic E-state index is 15.1. The summed E-state index contributed by atoms with van der Waals surface area (Å²) >= 11 is 0. The van der Waals surface area contributed by atoms with Gasteiger partial charge in [0.15, 0.2) is 5.82 Å². The summed E-state index contributed by atoms with van der Waals surface area (Å²) in [5.74, 6) is -4.31. The van der Waals surface area contributed by atoms with Crippen LogP contribution < -0.4 is 0 Å². The number of carbonyl (C=O) groups is 1. The first-order chi connectivity index (χ1) is 16.0. The Morgan fingerprint density at radius 3 is 2.29 bits per heavy atom. The molecule has 6 nitrogen and oxygen atoms in total. The van der Waals surface area contributed by atoms with Crippen LogP contribution in [0.15, 0.2) is 35.2 Å². The molecule has 1 saturated heterocycles. The van der Waals surface area contributed by atoms with Crippen LogP contribution in [0.3, 0.4) is 0 Å². The molecule has 1 aliphatic rings. The highest BCUT2D eigenvalue weighted by molar-refractivity contribution is 7.89. The van der Waals surface area contributed by atoms with Gasteiger partial charge in [-0.1, -0.05) is 6.07 Å². The van der Waals surface area contributed by atoms with E-state index in [1.165, 1.54) is 32.2 Å². The summed E-state index contributed by atoms with van der Waals surface area (Å²) in [6, 6.07) is 5.36. The monoisotopic (exact) mass is 496 g/mol. The third-order valence-electron chi connectivity index (χ3n) is 5.87. The second kappa shape index (κ2) is 8.95. The van der Waals surface area contributed by atoms with Gasteiger partial charge in [-0.05, 0) is 49.6 Å². The van der Waals surface area contributed by atoms with Crippen LogP contribution in [0.2, 0.25) is 0 Å². The van der Waals surface area contributed by atoms with Crippen molar-refractivity contribution in [1.29, 1.82) is 0 Å². The van der Waals surface area contributed by atoms with E-state index in [4.69, 9.17) is 0 Å². The van der Waals surface area contributed by atoms with Crippen LogP contribution in [-0.2, 0) is 14.8 Å². The number of hydrogen-bond donors (Lipinski definition) is 0. The van der Waals surface area contributed by atoms with Crippen molar-refractivity contribution in [3.8, 4) is 11.3 Å². The van der Waals surface area contributed by atoms with E-state index < -0.39 is 55.8 Å². The van der Waals surface area contributed by atoms with Crippen molar-refractivity contribution in [2.75, 3.05) is 20.2 Å². The van der Waals surface area contributed by atoms with Crippen molar-refractivity contribution in [1.82, 2.24) is 9.29 Å². The largest absolute Gasteiger partial charge is 0.465 e. The van der Waals surface area contributed by atoms with E-state index in [0.717, 1.165) is 4.31 Å². The van der Waals surface area contributed by atoms with Gasteiger partial charge in [0.25, 0.3) is 0 Å². The topological polar surface area (TPSA) is 76.6 Å². The molecule has 0 unspecified atom stereocenters. The number of piperidine rings is 1. The molecule has 11 heteroatoms. The number of sulfonamides is 1. The number of alkyl halides is 1. The van der Waals surface area contributed by atoms with Gasteiger partial charge in [0.05, 0.1) is 28.6 Å². The van der Waals surface area contributed by atoms with Crippen molar-refractivity contribution < 1.29 is 35.5 Å². The van der Waals surface area contributed by atoms with Gasteiger partial charge in [0, 0.05) is 18.5 Å². The number of carbonyl (C=O) groups excluding carboxylic acids is 1. The van der Waals surface area contributed by atoms with Crippen molar-refractivity contribution in [2.24, 2.45) is 0 Å². The normalized spacial score (nSPS) is 15.6. The summed E-state index contributed by atoms with van der Waals surface area (Å²) < 4.78 is 89.9. The smallest absolute Gasteiger partial charge is 0.337 e. The van der Waals surface area contributed by atoms with Gasteiger partial charge in [-0.3, -0.25) is 0 Å². The molecule has 0 aliphatic carbocycles. The average molecular weight is 496 g/mol. The van der Waals surface area contributed by atoms with E-state index in [2.05, 4.69) is 9.72 Å². The maximum absolute atomic E-state index is 15.1. The fourth-order valence-corrected chi connectivity index (χ4v) is 5.45. The summed E-state index contributed by atoms with van der Waals surface area (Å²) in [4.78, 5) is 15.2. The molecule has 3 aromatic rings. The Balaban J connectivity index is 1.82. The molecule has 1 aliphatic heterocycles. The Morgan fingerprint density at radius 2 is 1.71 bits per heavy atom. The number of ether oxygens (including phenoxy) is 1. The average Bonchev–Trinajstić information content (AvgIpc) is 2.81. The van der Waals surface area contributed by atoms with Crippen LogP contribution in [0, 0.1) is 24.4 Å². The van der Waals surface area contributed by atoms with Gasteiger partial charge in [-0.2, -0.15) is 4.31 Å². The molecule has 0 bridgehead atoms. The molecule has 2 aromatic carbocycles. The minimum absolute atomic E-state index is 0.0126. The Kier molecular flexibility index (Phi) is 6.34. The lowest BCUT2D eigenvalue weighted by molar-refractivity contribution is 0.0601. The molecule has 0 saturated carbocycles. The Bertz CT molecular complexity index is 1380. The molecule has 0 radical (unpaired) electrons. The van der Waals surface area contributed by atoms with Crippen molar-refractivity contribution in [3.05, 3.63) is 58.9 Å². The number of nitrogens with zero attached hydrogens (tertiary/aromatic N) is 2. The van der Waals surface area contributed by atoms with Crippen LogP contribution in [0.5, 0.6) is 0 Å². The number of methoxy groups -OCH3 is 1. The lowest BCUT2D eigenvalue weighted by Crippen LogP contribution is -2.39. The predicted octanol–water partition coefficient (Wildman–Crippen LogP) is 4.54. The summed E-state index contributed by atoms with van der Waals surface area (Å²) in [7, 11) is -3.10. The first-order valence-corrected chi connectivity index (χ1v) is 11.8. The van der Waals surface area contributed by atoms with Crippen molar-refractivity contribution in [3.63, 3.8) is 0 Å². The summed E-state index contributed by atoms with van der Waals surface area (Å²) in [5.41, 5.74) is -1.25. The SMILES string of the molecule is COC(=O)c1ccc2c(C)c(F)c(-c3c(F)cc(S(=O)(=O)N4CCC(F)CC4)cc3F)nc2c1. The van der Waals surface area contributed by atoms with Crippen molar-refractivity contribution in [2.45, 2.75) is 30.8 Å². The molecule has 0 spiro atoms. The fourth-order valence-electron chi connectivity index (χ4n) is 3.96. The zero-order valence-corrected chi connectivity index (χ0v) is 19.1. The summed E-state index contributed by atoms with van der Waals surface area (Å²) in [5, 5.41) is 0.324. The first kappa shape index (κ1) is 24.1. The fraction of sp³-hybridized carbons (Fsp3) is 0.304. The lowest BCUT2D eigenvalue weighted by Gasteiger charge is -2.28. The number of pyridine rings is 1. The minimum Gasteiger partial charge on any atom is -0.465 e. The predicted molar refractivity (Wildman–Crippen MR) is 116 cm³/mol. The highest BCUT2D eigenvalue weighted by Gasteiger charge is 2.31. The highest BCUT2D eigenvalue weighted by Crippen LogP contribution is 2.34. The van der Waals surface area contributed by atoms with Gasteiger partial charge in [-0.15, -0.1) is 0 Å². The first-order valence-electron chi connectivity index (χ1n) is 10.4. The number of aromatic nitrogens is 1. The molecule has 2 heterocycles. The van der Waals surface area contributed by atoms with Crippen LogP contribution in [0.25, 0.3) is 22.2 Å². The highest BCUT2D eigenvalue weighted by atomic mass is 32.2. The third-order valence-corrected chi connectivity index (χ3v) is 7.74. The van der Waals surface area contributed by atoms with Gasteiger partial charge < -0.3 is 4.74 Å². The number of rotatable bonds is 4. The second-order valence-electron chi connectivity index (χ2n) is 7.96. The maximum Gasteiger partial charge on any atom is 0.337 e. The molecule has 34 heavy (non-hydrogen) atoms. The Hall–Kier alpha value is -3.05. The van der Waals surface area contributed by atoms with Gasteiger partial charge >= 0.3 is 5.97 Å². The number of benzene rings is 2.